The lowest BCUT2D eigenvalue weighted by molar-refractivity contribution is -0.124. The van der Waals surface area contributed by atoms with Crippen LogP contribution in [0, 0.1) is 11.3 Å². The number of Topliss-reactive ketones (excluding diaryl/α,β-unsaturated/α-hetero) is 1. The van der Waals surface area contributed by atoms with Gasteiger partial charge in [0.2, 0.25) is 0 Å². The van der Waals surface area contributed by atoms with Crippen molar-refractivity contribution >= 4 is 17.5 Å². The summed E-state index contributed by atoms with van der Waals surface area (Å²) in [4.78, 5) is 26.7. The van der Waals surface area contributed by atoms with Gasteiger partial charge in [-0.1, -0.05) is 36.4 Å². The minimum absolute atomic E-state index is 0.144. The van der Waals surface area contributed by atoms with Gasteiger partial charge in [-0.2, -0.15) is 5.26 Å². The number of hydrogen-bond donors (Lipinski definition) is 1. The number of urea groups is 1. The molecule has 0 saturated carbocycles. The molecule has 2 aromatic rings. The summed E-state index contributed by atoms with van der Waals surface area (Å²) in [5, 5.41) is 11.8. The lowest BCUT2D eigenvalue weighted by Crippen LogP contribution is -2.49. The van der Waals surface area contributed by atoms with Gasteiger partial charge in [0.1, 0.15) is 5.78 Å². The van der Waals surface area contributed by atoms with Gasteiger partial charge < -0.3 is 10.2 Å². The predicted molar refractivity (Wildman–Crippen MR) is 99.8 cm³/mol. The quantitative estimate of drug-likeness (QED) is 0.920. The lowest BCUT2D eigenvalue weighted by Gasteiger charge is -2.40. The number of piperidine rings is 1. The Balaban J connectivity index is 1.70. The summed E-state index contributed by atoms with van der Waals surface area (Å²) >= 11 is 0. The summed E-state index contributed by atoms with van der Waals surface area (Å²) in [7, 11) is 0. The second-order valence-corrected chi connectivity index (χ2v) is 6.61. The van der Waals surface area contributed by atoms with E-state index in [4.69, 9.17) is 5.26 Å². The molecule has 1 fully saturated rings. The van der Waals surface area contributed by atoms with Crippen molar-refractivity contribution < 1.29 is 9.59 Å². The molecule has 26 heavy (non-hydrogen) atoms. The molecule has 5 nitrogen and oxygen atoms in total. The number of amides is 2. The van der Waals surface area contributed by atoms with Crippen LogP contribution in [0.4, 0.5) is 10.5 Å². The van der Waals surface area contributed by atoms with Gasteiger partial charge in [-0.25, -0.2) is 4.79 Å². The first-order valence-electron chi connectivity index (χ1n) is 8.68. The summed E-state index contributed by atoms with van der Waals surface area (Å²) in [6, 6.07) is 18.5. The molecule has 5 heteroatoms. The van der Waals surface area contributed by atoms with E-state index in [1.54, 1.807) is 36.1 Å². The van der Waals surface area contributed by atoms with E-state index in [9.17, 15) is 9.59 Å². The van der Waals surface area contributed by atoms with Gasteiger partial charge in [0.25, 0.3) is 0 Å². The van der Waals surface area contributed by atoms with Gasteiger partial charge in [0.05, 0.1) is 17.0 Å². The van der Waals surface area contributed by atoms with Gasteiger partial charge >= 0.3 is 6.03 Å². The third-order valence-corrected chi connectivity index (χ3v) is 5.15. The standard InChI is InChI=1S/C21H21N3O2/c1-16(25)21(18-7-3-2-4-8-18)10-12-24(13-11-21)20(26)23-19-9-5-6-17(14-19)15-22/h2-9,14H,10-13H2,1H3,(H,23,26). The first-order chi connectivity index (χ1) is 12.5. The SMILES string of the molecule is CC(=O)C1(c2ccccc2)CCN(C(=O)Nc2cccc(C#N)c2)CC1. The van der Waals surface area contributed by atoms with Gasteiger partial charge in [-0.05, 0) is 43.5 Å². The van der Waals surface area contributed by atoms with Crippen molar-refractivity contribution in [2.75, 3.05) is 18.4 Å². The van der Waals surface area contributed by atoms with Gasteiger partial charge in [0.15, 0.2) is 0 Å². The number of ketones is 1. The molecule has 1 heterocycles. The maximum atomic E-state index is 12.5. The van der Waals surface area contributed by atoms with Crippen molar-refractivity contribution in [3.63, 3.8) is 0 Å². The minimum atomic E-state index is -0.515. The van der Waals surface area contributed by atoms with Crippen molar-refractivity contribution in [2.24, 2.45) is 0 Å². The van der Waals surface area contributed by atoms with Crippen LogP contribution in [-0.4, -0.2) is 29.8 Å². The van der Waals surface area contributed by atoms with Crippen LogP contribution in [-0.2, 0) is 10.2 Å². The van der Waals surface area contributed by atoms with Crippen molar-refractivity contribution in [3.05, 3.63) is 65.7 Å². The van der Waals surface area contributed by atoms with Gasteiger partial charge in [-0.3, -0.25) is 4.79 Å². The van der Waals surface area contributed by atoms with Crippen LogP contribution in [0.15, 0.2) is 54.6 Å². The van der Waals surface area contributed by atoms with E-state index in [1.165, 1.54) is 0 Å². The van der Waals surface area contributed by atoms with Crippen molar-refractivity contribution in [1.82, 2.24) is 4.90 Å². The van der Waals surface area contributed by atoms with E-state index in [1.807, 2.05) is 30.3 Å². The molecule has 2 aromatic carbocycles. The number of carbonyl (C=O) groups excluding carboxylic acids is 2. The number of carbonyl (C=O) groups is 2. The van der Waals surface area contributed by atoms with Crippen LogP contribution in [0.3, 0.4) is 0 Å². The molecule has 1 N–H and O–H groups in total. The summed E-state index contributed by atoms with van der Waals surface area (Å²) in [6.45, 7) is 2.66. The fraction of sp³-hybridized carbons (Fsp3) is 0.286. The highest BCUT2D eigenvalue weighted by atomic mass is 16.2. The number of hydrogen-bond acceptors (Lipinski definition) is 3. The number of likely N-dealkylation sites (tertiary alicyclic amines) is 1. The van der Waals surface area contributed by atoms with Crippen LogP contribution in [0.1, 0.15) is 30.9 Å². The Kier molecular flexibility index (Phi) is 5.04. The van der Waals surface area contributed by atoms with Crippen LogP contribution < -0.4 is 5.32 Å². The fourth-order valence-corrected chi connectivity index (χ4v) is 3.56. The number of nitriles is 1. The first-order valence-corrected chi connectivity index (χ1v) is 8.68. The van der Waals surface area contributed by atoms with E-state index in [0.29, 0.717) is 37.2 Å². The average Bonchev–Trinajstić information content (AvgIpc) is 2.68. The predicted octanol–water partition coefficient (Wildman–Crippen LogP) is 3.71. The Bertz CT molecular complexity index is 847. The highest BCUT2D eigenvalue weighted by Crippen LogP contribution is 2.36. The Morgan fingerprint density at radius 1 is 1.08 bits per heavy atom. The smallest absolute Gasteiger partial charge is 0.321 e. The monoisotopic (exact) mass is 347 g/mol. The summed E-state index contributed by atoms with van der Waals surface area (Å²) in [5.41, 5.74) is 1.61. The Labute approximate surface area is 153 Å². The van der Waals surface area contributed by atoms with E-state index in [-0.39, 0.29) is 11.8 Å². The maximum absolute atomic E-state index is 12.5. The van der Waals surface area contributed by atoms with Crippen LogP contribution in [0.5, 0.6) is 0 Å². The highest BCUT2D eigenvalue weighted by Gasteiger charge is 2.41. The molecule has 0 aliphatic carbocycles. The number of rotatable bonds is 3. The molecule has 0 radical (unpaired) electrons. The lowest BCUT2D eigenvalue weighted by atomic mass is 9.70. The Morgan fingerprint density at radius 2 is 1.77 bits per heavy atom. The zero-order valence-corrected chi connectivity index (χ0v) is 14.7. The molecule has 0 spiro atoms. The molecule has 1 aliphatic rings. The maximum Gasteiger partial charge on any atom is 0.321 e. The molecule has 1 saturated heterocycles. The van der Waals surface area contributed by atoms with E-state index in [0.717, 1.165) is 5.56 Å². The summed E-state index contributed by atoms with van der Waals surface area (Å²) in [6.07, 6.45) is 1.22. The zero-order valence-electron chi connectivity index (χ0n) is 14.7. The third-order valence-electron chi connectivity index (χ3n) is 5.15. The first kappa shape index (κ1) is 17.7. The number of nitrogens with one attached hydrogen (secondary N) is 1. The Hall–Kier alpha value is -3.13. The van der Waals surface area contributed by atoms with Crippen molar-refractivity contribution in [1.29, 1.82) is 5.26 Å². The topological polar surface area (TPSA) is 73.2 Å². The molecule has 0 unspecified atom stereocenters. The molecule has 1 aliphatic heterocycles. The molecule has 2 amide bonds. The van der Waals surface area contributed by atoms with E-state index in [2.05, 4.69) is 11.4 Å². The summed E-state index contributed by atoms with van der Waals surface area (Å²) < 4.78 is 0. The fourth-order valence-electron chi connectivity index (χ4n) is 3.56. The highest BCUT2D eigenvalue weighted by molar-refractivity contribution is 5.91. The second kappa shape index (κ2) is 7.40. The van der Waals surface area contributed by atoms with Gasteiger partial charge in [-0.15, -0.1) is 0 Å². The normalized spacial score (nSPS) is 15.8. The molecule has 132 valence electrons. The molecule has 0 bridgehead atoms. The molecule has 3 rings (SSSR count). The number of benzene rings is 2. The van der Waals surface area contributed by atoms with Crippen LogP contribution in [0.25, 0.3) is 0 Å². The third kappa shape index (κ3) is 3.45. The van der Waals surface area contributed by atoms with Crippen LogP contribution in [0.2, 0.25) is 0 Å². The molecule has 0 atom stereocenters. The van der Waals surface area contributed by atoms with E-state index >= 15 is 0 Å². The van der Waals surface area contributed by atoms with E-state index < -0.39 is 5.41 Å². The van der Waals surface area contributed by atoms with Crippen molar-refractivity contribution in [2.45, 2.75) is 25.2 Å². The summed E-state index contributed by atoms with van der Waals surface area (Å²) in [5.74, 6) is 0.144. The van der Waals surface area contributed by atoms with Gasteiger partial charge in [0, 0.05) is 18.8 Å². The number of nitrogens with zero attached hydrogens (tertiary/aromatic N) is 2. The number of anilines is 1. The molecule has 0 aromatic heterocycles. The zero-order chi connectivity index (χ0) is 18.6. The molecular formula is C21H21N3O2. The minimum Gasteiger partial charge on any atom is -0.324 e. The second-order valence-electron chi connectivity index (χ2n) is 6.61. The van der Waals surface area contributed by atoms with Crippen molar-refractivity contribution in [3.8, 4) is 6.07 Å². The average molecular weight is 347 g/mol. The van der Waals surface area contributed by atoms with Crippen LogP contribution >= 0.6 is 0 Å². The Morgan fingerprint density at radius 3 is 2.38 bits per heavy atom. The molecular weight excluding hydrogens is 326 g/mol. The largest absolute Gasteiger partial charge is 0.324 e.